The molecule has 0 saturated heterocycles. The van der Waals surface area contributed by atoms with Crippen LogP contribution in [-0.2, 0) is 0 Å². The Hall–Kier alpha value is -1.85. The molecule has 1 aromatic carbocycles. The fraction of sp³-hybridized carbons (Fsp3) is 0.267. The van der Waals surface area contributed by atoms with Gasteiger partial charge in [-0.05, 0) is 30.2 Å². The molecule has 22 heavy (non-hydrogen) atoms. The van der Waals surface area contributed by atoms with Gasteiger partial charge in [0.25, 0.3) is 11.5 Å². The first-order valence-corrected chi connectivity index (χ1v) is 7.58. The van der Waals surface area contributed by atoms with Crippen molar-refractivity contribution >= 4 is 29.1 Å². The average Bonchev–Trinajstić information content (AvgIpc) is 2.50. The lowest BCUT2D eigenvalue weighted by Crippen LogP contribution is -2.30. The Morgan fingerprint density at radius 3 is 2.64 bits per heavy atom. The number of amides is 1. The van der Waals surface area contributed by atoms with Gasteiger partial charge < -0.3 is 5.32 Å². The SMILES string of the molecule is CCC[C@@H](NC(=O)c1ccc(=O)[nH]n1)c1ccc(Cl)c(Cl)c1. The van der Waals surface area contributed by atoms with Crippen LogP contribution >= 0.6 is 23.2 Å². The van der Waals surface area contributed by atoms with Crippen molar-refractivity contribution in [1.29, 1.82) is 0 Å². The van der Waals surface area contributed by atoms with Gasteiger partial charge in [-0.3, -0.25) is 9.59 Å². The molecule has 1 aromatic heterocycles. The minimum absolute atomic E-state index is 0.153. The van der Waals surface area contributed by atoms with Gasteiger partial charge in [0.05, 0.1) is 16.1 Å². The Balaban J connectivity index is 2.20. The molecular weight excluding hydrogens is 325 g/mol. The molecule has 0 spiro atoms. The van der Waals surface area contributed by atoms with E-state index in [0.29, 0.717) is 10.0 Å². The van der Waals surface area contributed by atoms with Crippen molar-refractivity contribution in [1.82, 2.24) is 15.5 Å². The summed E-state index contributed by atoms with van der Waals surface area (Å²) in [4.78, 5) is 23.2. The molecule has 116 valence electrons. The van der Waals surface area contributed by atoms with Crippen LogP contribution in [0.1, 0.15) is 41.9 Å². The van der Waals surface area contributed by atoms with E-state index in [1.165, 1.54) is 12.1 Å². The molecule has 0 aliphatic heterocycles. The standard InChI is InChI=1S/C15H15Cl2N3O2/c1-2-3-12(9-4-5-10(16)11(17)8-9)18-15(22)13-6-7-14(21)20-19-13/h4-8,12H,2-3H2,1H3,(H,18,22)(H,20,21)/t12-/m1/s1. The second-order valence-electron chi connectivity index (χ2n) is 4.79. The van der Waals surface area contributed by atoms with Gasteiger partial charge in [0.1, 0.15) is 5.69 Å². The number of benzene rings is 1. The Morgan fingerprint density at radius 2 is 2.05 bits per heavy atom. The molecule has 1 atom stereocenters. The van der Waals surface area contributed by atoms with E-state index in [1.54, 1.807) is 12.1 Å². The van der Waals surface area contributed by atoms with Crippen LogP contribution in [-0.4, -0.2) is 16.1 Å². The minimum Gasteiger partial charge on any atom is -0.344 e. The first-order valence-electron chi connectivity index (χ1n) is 6.82. The number of aromatic amines is 1. The summed E-state index contributed by atoms with van der Waals surface area (Å²) >= 11 is 11.9. The highest BCUT2D eigenvalue weighted by atomic mass is 35.5. The summed E-state index contributed by atoms with van der Waals surface area (Å²) in [5.74, 6) is -0.360. The highest BCUT2D eigenvalue weighted by Gasteiger charge is 2.17. The molecule has 0 radical (unpaired) electrons. The van der Waals surface area contributed by atoms with Gasteiger partial charge in [-0.2, -0.15) is 5.10 Å². The Kier molecular flexibility index (Phi) is 5.57. The first kappa shape index (κ1) is 16.5. The van der Waals surface area contributed by atoms with E-state index in [9.17, 15) is 9.59 Å². The predicted molar refractivity (Wildman–Crippen MR) is 86.4 cm³/mol. The quantitative estimate of drug-likeness (QED) is 0.876. The Bertz CT molecular complexity index is 710. The molecule has 1 heterocycles. The van der Waals surface area contributed by atoms with Crippen molar-refractivity contribution in [3.63, 3.8) is 0 Å². The van der Waals surface area contributed by atoms with Gasteiger partial charge in [-0.25, -0.2) is 5.10 Å². The van der Waals surface area contributed by atoms with Crippen LogP contribution in [0, 0.1) is 0 Å². The van der Waals surface area contributed by atoms with Crippen LogP contribution in [0.25, 0.3) is 0 Å². The maximum absolute atomic E-state index is 12.2. The Labute approximate surface area is 137 Å². The number of H-pyrrole nitrogens is 1. The van der Waals surface area contributed by atoms with Gasteiger partial charge in [0, 0.05) is 6.07 Å². The summed E-state index contributed by atoms with van der Waals surface area (Å²) in [5, 5.41) is 9.76. The van der Waals surface area contributed by atoms with Crippen molar-refractivity contribution < 1.29 is 4.79 Å². The molecule has 2 aromatic rings. The van der Waals surface area contributed by atoms with Crippen LogP contribution in [0.3, 0.4) is 0 Å². The van der Waals surface area contributed by atoms with E-state index >= 15 is 0 Å². The molecule has 0 fully saturated rings. The maximum Gasteiger partial charge on any atom is 0.272 e. The summed E-state index contributed by atoms with van der Waals surface area (Å²) in [6.45, 7) is 2.02. The Morgan fingerprint density at radius 1 is 1.27 bits per heavy atom. The second kappa shape index (κ2) is 7.42. The van der Waals surface area contributed by atoms with E-state index in [4.69, 9.17) is 23.2 Å². The van der Waals surface area contributed by atoms with Gasteiger partial charge in [-0.15, -0.1) is 0 Å². The third-order valence-corrected chi connectivity index (χ3v) is 3.88. The van der Waals surface area contributed by atoms with Crippen molar-refractivity contribution in [2.75, 3.05) is 0 Å². The van der Waals surface area contributed by atoms with Gasteiger partial charge >= 0.3 is 0 Å². The van der Waals surface area contributed by atoms with Crippen molar-refractivity contribution in [2.24, 2.45) is 0 Å². The smallest absolute Gasteiger partial charge is 0.272 e. The number of nitrogens with zero attached hydrogens (tertiary/aromatic N) is 1. The highest BCUT2D eigenvalue weighted by molar-refractivity contribution is 6.42. The van der Waals surface area contributed by atoms with Crippen molar-refractivity contribution in [3.8, 4) is 0 Å². The fourth-order valence-electron chi connectivity index (χ4n) is 2.04. The minimum atomic E-state index is -0.360. The maximum atomic E-state index is 12.2. The van der Waals surface area contributed by atoms with Gasteiger partial charge in [-0.1, -0.05) is 42.6 Å². The monoisotopic (exact) mass is 339 g/mol. The second-order valence-corrected chi connectivity index (χ2v) is 5.61. The lowest BCUT2D eigenvalue weighted by atomic mass is 10.0. The predicted octanol–water partition coefficient (Wildman–Crippen LogP) is 3.35. The molecule has 2 N–H and O–H groups in total. The summed E-state index contributed by atoms with van der Waals surface area (Å²) in [5.41, 5.74) is 0.668. The van der Waals surface area contributed by atoms with Crippen molar-refractivity contribution in [3.05, 3.63) is 62.0 Å². The molecule has 1 amide bonds. The molecular formula is C15H15Cl2N3O2. The van der Waals surface area contributed by atoms with Crippen LogP contribution < -0.4 is 10.9 Å². The van der Waals surface area contributed by atoms with E-state index < -0.39 is 0 Å². The van der Waals surface area contributed by atoms with E-state index in [-0.39, 0.29) is 23.2 Å². The molecule has 7 heteroatoms. The third kappa shape index (κ3) is 4.08. The lowest BCUT2D eigenvalue weighted by molar-refractivity contribution is 0.0928. The molecule has 0 unspecified atom stereocenters. The van der Waals surface area contributed by atoms with E-state index in [2.05, 4.69) is 15.5 Å². The number of nitrogens with one attached hydrogen (secondary N) is 2. The summed E-state index contributed by atoms with van der Waals surface area (Å²) < 4.78 is 0. The van der Waals surface area contributed by atoms with Crippen molar-refractivity contribution in [2.45, 2.75) is 25.8 Å². The molecule has 0 bridgehead atoms. The van der Waals surface area contributed by atoms with Crippen LogP contribution in [0.15, 0.2) is 35.1 Å². The number of hydrogen-bond acceptors (Lipinski definition) is 3. The normalized spacial score (nSPS) is 12.0. The van der Waals surface area contributed by atoms with Crippen LogP contribution in [0.5, 0.6) is 0 Å². The van der Waals surface area contributed by atoms with Crippen LogP contribution in [0.4, 0.5) is 0 Å². The van der Waals surface area contributed by atoms with Crippen LogP contribution in [0.2, 0.25) is 10.0 Å². The van der Waals surface area contributed by atoms with E-state index in [1.807, 2.05) is 13.0 Å². The van der Waals surface area contributed by atoms with E-state index in [0.717, 1.165) is 18.4 Å². The largest absolute Gasteiger partial charge is 0.344 e. The number of hydrogen-bond donors (Lipinski definition) is 2. The molecule has 0 aliphatic rings. The molecule has 5 nitrogen and oxygen atoms in total. The molecule has 0 saturated carbocycles. The number of rotatable bonds is 5. The number of aromatic nitrogens is 2. The topological polar surface area (TPSA) is 74.8 Å². The molecule has 2 rings (SSSR count). The highest BCUT2D eigenvalue weighted by Crippen LogP contribution is 2.27. The first-order chi connectivity index (χ1) is 10.5. The lowest BCUT2D eigenvalue weighted by Gasteiger charge is -2.19. The zero-order valence-electron chi connectivity index (χ0n) is 11.9. The average molecular weight is 340 g/mol. The summed E-state index contributed by atoms with van der Waals surface area (Å²) in [7, 11) is 0. The zero-order valence-corrected chi connectivity index (χ0v) is 13.4. The van der Waals surface area contributed by atoms with Gasteiger partial charge in [0.15, 0.2) is 0 Å². The number of carbonyl (C=O) groups excluding carboxylic acids is 1. The summed E-state index contributed by atoms with van der Waals surface area (Å²) in [6, 6.07) is 7.70. The number of carbonyl (C=O) groups is 1. The summed E-state index contributed by atoms with van der Waals surface area (Å²) in [6.07, 6.45) is 1.62. The molecule has 0 aliphatic carbocycles. The zero-order chi connectivity index (χ0) is 16.1. The fourth-order valence-corrected chi connectivity index (χ4v) is 2.35. The number of halogens is 2. The van der Waals surface area contributed by atoms with Gasteiger partial charge in [0.2, 0.25) is 0 Å². The third-order valence-electron chi connectivity index (χ3n) is 3.14.